The number of quaternary nitrogens is 2. The fourth-order valence-corrected chi connectivity index (χ4v) is 4.79. The molecule has 4 rings (SSSR count). The highest BCUT2D eigenvalue weighted by Gasteiger charge is 2.36. The molecule has 1 fully saturated rings. The molecule has 0 radical (unpaired) electrons. The summed E-state index contributed by atoms with van der Waals surface area (Å²) >= 11 is 0. The molecule has 0 bridgehead atoms. The number of piperazine rings is 1. The van der Waals surface area contributed by atoms with Crippen LogP contribution in [0.4, 0.5) is 5.69 Å². The van der Waals surface area contributed by atoms with Crippen molar-refractivity contribution in [2.24, 2.45) is 0 Å². The van der Waals surface area contributed by atoms with Crippen LogP contribution in [0, 0.1) is 0 Å². The van der Waals surface area contributed by atoms with E-state index in [1.54, 1.807) is 19.1 Å². The lowest BCUT2D eigenvalue weighted by Crippen LogP contribution is -3.29. The van der Waals surface area contributed by atoms with Crippen molar-refractivity contribution in [3.63, 3.8) is 0 Å². The molecular formula is C24H33N3O3+2. The van der Waals surface area contributed by atoms with Crippen molar-refractivity contribution in [1.29, 1.82) is 0 Å². The lowest BCUT2D eigenvalue weighted by atomic mass is 10.1. The van der Waals surface area contributed by atoms with Crippen LogP contribution in [0.3, 0.4) is 0 Å². The molecule has 1 atom stereocenters. The number of nitrogens with zero attached hydrogens (tertiary/aromatic N) is 1. The average molecular weight is 412 g/mol. The summed E-state index contributed by atoms with van der Waals surface area (Å²) in [6.07, 6.45) is 0.965. The van der Waals surface area contributed by atoms with E-state index in [9.17, 15) is 4.79 Å². The van der Waals surface area contributed by atoms with Crippen LogP contribution >= 0.6 is 0 Å². The number of ether oxygens (including phenoxy) is 2. The van der Waals surface area contributed by atoms with Gasteiger partial charge in [-0.3, -0.25) is 4.79 Å². The maximum absolute atomic E-state index is 13.2. The smallest absolute Gasteiger partial charge is 0.284 e. The molecule has 0 spiro atoms. The van der Waals surface area contributed by atoms with Crippen LogP contribution in [0.5, 0.6) is 11.5 Å². The number of amides is 1. The largest absolute Gasteiger partial charge is 0.493 e. The number of benzene rings is 2. The third-order valence-electron chi connectivity index (χ3n) is 6.64. The Kier molecular flexibility index (Phi) is 6.25. The maximum atomic E-state index is 13.2. The van der Waals surface area contributed by atoms with Gasteiger partial charge in [0.25, 0.3) is 5.91 Å². The SMILES string of the molecule is COc1ccc(C[NH+]2CC[NH+]([C@H](C)C(=O)N3CCc4ccccc43)CC2)cc1OC. The number of methoxy groups -OCH3 is 2. The fraction of sp³-hybridized carbons (Fsp3) is 0.458. The second-order valence-electron chi connectivity index (χ2n) is 8.36. The van der Waals surface area contributed by atoms with Gasteiger partial charge in [-0.25, -0.2) is 0 Å². The molecule has 2 aliphatic heterocycles. The molecule has 160 valence electrons. The summed E-state index contributed by atoms with van der Waals surface area (Å²) in [5.74, 6) is 1.81. The van der Waals surface area contributed by atoms with E-state index >= 15 is 0 Å². The molecule has 0 aliphatic carbocycles. The Balaban J connectivity index is 1.33. The van der Waals surface area contributed by atoms with E-state index in [0.29, 0.717) is 0 Å². The van der Waals surface area contributed by atoms with E-state index in [4.69, 9.17) is 9.47 Å². The molecule has 1 amide bonds. The van der Waals surface area contributed by atoms with Crippen LogP contribution in [0.1, 0.15) is 18.1 Å². The van der Waals surface area contributed by atoms with Crippen LogP contribution in [0.25, 0.3) is 0 Å². The molecule has 2 aromatic carbocycles. The number of nitrogens with one attached hydrogen (secondary N) is 2. The zero-order valence-corrected chi connectivity index (χ0v) is 18.2. The van der Waals surface area contributed by atoms with Gasteiger partial charge in [0, 0.05) is 17.8 Å². The first kappa shape index (κ1) is 20.7. The summed E-state index contributed by atoms with van der Waals surface area (Å²) < 4.78 is 10.8. The van der Waals surface area contributed by atoms with Gasteiger partial charge in [0.1, 0.15) is 32.7 Å². The molecule has 0 unspecified atom stereocenters. The highest BCUT2D eigenvalue weighted by Crippen LogP contribution is 2.28. The van der Waals surface area contributed by atoms with E-state index < -0.39 is 0 Å². The molecule has 30 heavy (non-hydrogen) atoms. The van der Waals surface area contributed by atoms with Crippen molar-refractivity contribution in [3.8, 4) is 11.5 Å². The number of para-hydroxylation sites is 1. The van der Waals surface area contributed by atoms with Gasteiger partial charge in [-0.15, -0.1) is 0 Å². The average Bonchev–Trinajstić information content (AvgIpc) is 3.22. The van der Waals surface area contributed by atoms with Crippen molar-refractivity contribution < 1.29 is 24.1 Å². The quantitative estimate of drug-likeness (QED) is 0.702. The fourth-order valence-electron chi connectivity index (χ4n) is 4.79. The van der Waals surface area contributed by atoms with E-state index in [1.165, 1.54) is 16.0 Å². The van der Waals surface area contributed by atoms with Gasteiger partial charge < -0.3 is 24.2 Å². The van der Waals surface area contributed by atoms with Crippen LogP contribution in [0.15, 0.2) is 42.5 Å². The van der Waals surface area contributed by atoms with E-state index in [2.05, 4.69) is 37.3 Å². The monoisotopic (exact) mass is 411 g/mol. The lowest BCUT2D eigenvalue weighted by molar-refractivity contribution is -1.02. The summed E-state index contributed by atoms with van der Waals surface area (Å²) in [4.78, 5) is 18.1. The molecular weight excluding hydrogens is 378 g/mol. The van der Waals surface area contributed by atoms with E-state index in [0.717, 1.165) is 62.9 Å². The van der Waals surface area contributed by atoms with Crippen molar-refractivity contribution in [3.05, 3.63) is 53.6 Å². The normalized spacial score (nSPS) is 21.8. The molecule has 2 heterocycles. The van der Waals surface area contributed by atoms with Crippen LogP contribution in [-0.4, -0.2) is 58.9 Å². The van der Waals surface area contributed by atoms with Gasteiger partial charge in [0.2, 0.25) is 0 Å². The number of hydrogen-bond donors (Lipinski definition) is 2. The molecule has 1 saturated heterocycles. The van der Waals surface area contributed by atoms with E-state index in [1.807, 2.05) is 17.0 Å². The van der Waals surface area contributed by atoms with Gasteiger partial charge >= 0.3 is 0 Å². The molecule has 2 N–H and O–H groups in total. The molecule has 0 saturated carbocycles. The van der Waals surface area contributed by atoms with Crippen molar-refractivity contribution in [2.75, 3.05) is 51.8 Å². The molecule has 6 heteroatoms. The van der Waals surface area contributed by atoms with Gasteiger partial charge in [0.15, 0.2) is 17.5 Å². The Labute approximate surface area is 179 Å². The highest BCUT2D eigenvalue weighted by atomic mass is 16.5. The first-order valence-electron chi connectivity index (χ1n) is 10.9. The summed E-state index contributed by atoms with van der Waals surface area (Å²) in [6.45, 7) is 8.05. The van der Waals surface area contributed by atoms with Crippen molar-refractivity contribution in [2.45, 2.75) is 25.9 Å². The summed E-state index contributed by atoms with van der Waals surface area (Å²) in [5, 5.41) is 0. The standard InChI is InChI=1S/C24H31N3O3/c1-18(24(28)27-11-10-20-6-4-5-7-21(20)27)26-14-12-25(13-15-26)17-19-8-9-22(29-2)23(16-19)30-3/h4-9,16,18H,10-15,17H2,1-3H3/p+2/t18-/m1/s1. The number of carbonyl (C=O) groups excluding carboxylic acids is 1. The number of carbonyl (C=O) groups is 1. The zero-order valence-electron chi connectivity index (χ0n) is 18.2. The maximum Gasteiger partial charge on any atom is 0.284 e. The summed E-state index contributed by atoms with van der Waals surface area (Å²) in [7, 11) is 3.34. The predicted octanol–water partition coefficient (Wildman–Crippen LogP) is -0.0350. The Morgan fingerprint density at radius 2 is 1.77 bits per heavy atom. The Hall–Kier alpha value is -2.57. The van der Waals surface area contributed by atoms with Gasteiger partial charge in [-0.1, -0.05) is 18.2 Å². The van der Waals surface area contributed by atoms with E-state index in [-0.39, 0.29) is 11.9 Å². The lowest BCUT2D eigenvalue weighted by Gasteiger charge is -2.34. The molecule has 2 aliphatic rings. The number of anilines is 1. The molecule has 2 aromatic rings. The van der Waals surface area contributed by atoms with Crippen molar-refractivity contribution >= 4 is 11.6 Å². The third-order valence-corrected chi connectivity index (χ3v) is 6.64. The minimum Gasteiger partial charge on any atom is -0.493 e. The van der Waals surface area contributed by atoms with Crippen LogP contribution in [-0.2, 0) is 17.8 Å². The first-order valence-corrected chi connectivity index (χ1v) is 10.9. The highest BCUT2D eigenvalue weighted by molar-refractivity contribution is 5.97. The second kappa shape index (κ2) is 9.06. The summed E-state index contributed by atoms with van der Waals surface area (Å²) in [6, 6.07) is 14.5. The minimum absolute atomic E-state index is 0.00112. The second-order valence-corrected chi connectivity index (χ2v) is 8.36. The minimum atomic E-state index is -0.00112. The predicted molar refractivity (Wildman–Crippen MR) is 117 cm³/mol. The van der Waals surface area contributed by atoms with Crippen LogP contribution in [0.2, 0.25) is 0 Å². The Bertz CT molecular complexity index is 893. The summed E-state index contributed by atoms with van der Waals surface area (Å²) in [5.41, 5.74) is 3.65. The number of fused-ring (bicyclic) bond motifs is 1. The van der Waals surface area contributed by atoms with Gasteiger partial charge in [-0.2, -0.15) is 0 Å². The zero-order chi connectivity index (χ0) is 21.1. The Morgan fingerprint density at radius 3 is 2.50 bits per heavy atom. The van der Waals surface area contributed by atoms with Gasteiger partial charge in [0.05, 0.1) is 14.2 Å². The Morgan fingerprint density at radius 1 is 1.03 bits per heavy atom. The van der Waals surface area contributed by atoms with Crippen LogP contribution < -0.4 is 24.2 Å². The topological polar surface area (TPSA) is 47.7 Å². The molecule has 6 nitrogen and oxygen atoms in total. The number of hydrogen-bond acceptors (Lipinski definition) is 3. The number of rotatable bonds is 6. The first-order chi connectivity index (χ1) is 14.6. The van der Waals surface area contributed by atoms with Crippen molar-refractivity contribution in [1.82, 2.24) is 0 Å². The van der Waals surface area contributed by atoms with Gasteiger partial charge in [-0.05, 0) is 43.2 Å². The molecule has 0 aromatic heterocycles. The third kappa shape index (κ3) is 4.16.